The molecule has 1 N–H and O–H groups in total. The third-order valence-electron chi connectivity index (χ3n) is 7.42. The normalized spacial score (nSPS) is 14.2. The van der Waals surface area contributed by atoms with Gasteiger partial charge in [0.25, 0.3) is 0 Å². The molecule has 0 atom stereocenters. The van der Waals surface area contributed by atoms with Crippen molar-refractivity contribution in [1.82, 2.24) is 19.9 Å². The van der Waals surface area contributed by atoms with Crippen molar-refractivity contribution in [3.63, 3.8) is 0 Å². The lowest BCUT2D eigenvalue weighted by Gasteiger charge is -2.18. The van der Waals surface area contributed by atoms with E-state index in [1.165, 1.54) is 16.7 Å². The SMILES string of the molecule is CC(C)C1=Nc2c(c3ccc(-c4ccc5c(c4)OCc4[nH]c(C(C)C)nc4-5)cc3c3cncnc23)C1. The van der Waals surface area contributed by atoms with E-state index in [2.05, 4.69) is 79.0 Å². The van der Waals surface area contributed by atoms with Gasteiger partial charge in [0.1, 0.15) is 30.0 Å². The first-order valence-corrected chi connectivity index (χ1v) is 12.6. The molecule has 5 aromatic rings. The molecule has 3 aromatic carbocycles. The van der Waals surface area contributed by atoms with E-state index in [0.717, 1.165) is 68.0 Å². The number of nitrogens with one attached hydrogen (secondary N) is 1. The summed E-state index contributed by atoms with van der Waals surface area (Å²) in [5, 5.41) is 3.43. The molecule has 0 fully saturated rings. The highest BCUT2D eigenvalue weighted by Crippen LogP contribution is 2.44. The first kappa shape index (κ1) is 21.2. The molecule has 178 valence electrons. The lowest BCUT2D eigenvalue weighted by Crippen LogP contribution is -2.06. The molecule has 0 saturated carbocycles. The van der Waals surface area contributed by atoms with Crippen LogP contribution in [0.5, 0.6) is 5.75 Å². The second-order valence-electron chi connectivity index (χ2n) is 10.4. The van der Waals surface area contributed by atoms with Gasteiger partial charge in [0.2, 0.25) is 0 Å². The number of aromatic amines is 1. The van der Waals surface area contributed by atoms with Gasteiger partial charge in [0, 0.05) is 35.2 Å². The van der Waals surface area contributed by atoms with Gasteiger partial charge in [-0.05, 0) is 51.6 Å². The van der Waals surface area contributed by atoms with Gasteiger partial charge in [0.05, 0.1) is 17.1 Å². The molecule has 0 bridgehead atoms. The number of hydrogen-bond acceptors (Lipinski definition) is 5. The van der Waals surface area contributed by atoms with Crippen LogP contribution in [0, 0.1) is 5.92 Å². The van der Waals surface area contributed by atoms with Gasteiger partial charge in [-0.15, -0.1) is 0 Å². The van der Waals surface area contributed by atoms with Crippen molar-refractivity contribution < 1.29 is 4.74 Å². The number of rotatable bonds is 3. The molecular weight excluding hydrogens is 446 g/mol. The third-order valence-corrected chi connectivity index (χ3v) is 7.42. The van der Waals surface area contributed by atoms with Crippen LogP contribution in [-0.4, -0.2) is 25.6 Å². The van der Waals surface area contributed by atoms with Crippen LogP contribution in [0.4, 0.5) is 5.69 Å². The van der Waals surface area contributed by atoms with E-state index in [4.69, 9.17) is 14.7 Å². The number of ether oxygens (including phenoxy) is 1. The number of aromatic nitrogens is 4. The monoisotopic (exact) mass is 473 g/mol. The Morgan fingerprint density at radius 1 is 0.917 bits per heavy atom. The molecule has 2 aliphatic rings. The topological polar surface area (TPSA) is 76.0 Å². The average molecular weight is 474 g/mol. The number of hydrogen-bond donors (Lipinski definition) is 1. The Bertz CT molecular complexity index is 1730. The Hall–Kier alpha value is -4.06. The maximum absolute atomic E-state index is 6.15. The smallest absolute Gasteiger partial charge is 0.130 e. The number of nitrogens with zero attached hydrogens (tertiary/aromatic N) is 4. The van der Waals surface area contributed by atoms with Crippen molar-refractivity contribution in [3.8, 4) is 28.1 Å². The minimum atomic E-state index is 0.346. The van der Waals surface area contributed by atoms with Crippen LogP contribution in [-0.2, 0) is 13.0 Å². The first-order chi connectivity index (χ1) is 17.5. The fourth-order valence-corrected chi connectivity index (χ4v) is 5.39. The highest BCUT2D eigenvalue weighted by molar-refractivity contribution is 6.17. The molecule has 6 nitrogen and oxygen atoms in total. The lowest BCUT2D eigenvalue weighted by molar-refractivity contribution is 0.298. The Labute approximate surface area is 209 Å². The second-order valence-corrected chi connectivity index (χ2v) is 10.4. The van der Waals surface area contributed by atoms with Crippen LogP contribution in [0.1, 0.15) is 50.7 Å². The van der Waals surface area contributed by atoms with Crippen LogP contribution in [0.25, 0.3) is 44.1 Å². The molecule has 0 spiro atoms. The second kappa shape index (κ2) is 7.72. The van der Waals surface area contributed by atoms with E-state index in [0.29, 0.717) is 18.4 Å². The van der Waals surface area contributed by atoms with Gasteiger partial charge in [-0.1, -0.05) is 45.9 Å². The van der Waals surface area contributed by atoms with Crippen LogP contribution >= 0.6 is 0 Å². The zero-order chi connectivity index (χ0) is 24.6. The fraction of sp³-hybridized carbons (Fsp3) is 0.267. The van der Waals surface area contributed by atoms with Crippen molar-refractivity contribution >= 4 is 33.1 Å². The minimum absolute atomic E-state index is 0.346. The van der Waals surface area contributed by atoms with E-state index in [9.17, 15) is 0 Å². The highest BCUT2D eigenvalue weighted by atomic mass is 16.5. The van der Waals surface area contributed by atoms with E-state index in [1.54, 1.807) is 6.33 Å². The molecule has 0 aliphatic carbocycles. The molecule has 0 unspecified atom stereocenters. The maximum atomic E-state index is 6.15. The van der Waals surface area contributed by atoms with Crippen LogP contribution in [0.15, 0.2) is 53.9 Å². The summed E-state index contributed by atoms with van der Waals surface area (Å²) >= 11 is 0. The largest absolute Gasteiger partial charge is 0.487 e. The maximum Gasteiger partial charge on any atom is 0.130 e. The number of aliphatic imine (C=N–C) groups is 1. The number of imidazole rings is 1. The molecule has 7 rings (SSSR count). The van der Waals surface area contributed by atoms with E-state index < -0.39 is 0 Å². The standard InChI is InChI=1S/C30H27N5O/c1-15(2)24-11-22-19-7-5-17(9-21(19)23-12-31-14-32-28(23)29(22)33-24)18-6-8-20-26(10-18)36-13-25-27(20)35-30(34-25)16(3)4/h5-10,12,14-16H,11,13H2,1-4H3,(H,34,35). The number of fused-ring (bicyclic) bond motifs is 9. The van der Waals surface area contributed by atoms with Crippen molar-refractivity contribution in [2.24, 2.45) is 10.9 Å². The Morgan fingerprint density at radius 2 is 1.75 bits per heavy atom. The number of benzene rings is 3. The van der Waals surface area contributed by atoms with Crippen LogP contribution < -0.4 is 4.74 Å². The summed E-state index contributed by atoms with van der Waals surface area (Å²) in [6.45, 7) is 9.21. The van der Waals surface area contributed by atoms with Gasteiger partial charge < -0.3 is 9.72 Å². The Balaban J connectivity index is 1.36. The summed E-state index contributed by atoms with van der Waals surface area (Å²) < 4.78 is 6.15. The summed E-state index contributed by atoms with van der Waals surface area (Å²) in [5.41, 5.74) is 9.77. The summed E-state index contributed by atoms with van der Waals surface area (Å²) in [7, 11) is 0. The van der Waals surface area contributed by atoms with Crippen molar-refractivity contribution in [2.75, 3.05) is 0 Å². The summed E-state index contributed by atoms with van der Waals surface area (Å²) in [5.74, 6) is 2.63. The van der Waals surface area contributed by atoms with Crippen molar-refractivity contribution in [1.29, 1.82) is 0 Å². The molecule has 0 radical (unpaired) electrons. The summed E-state index contributed by atoms with van der Waals surface area (Å²) in [6.07, 6.45) is 4.41. The molecule has 4 heterocycles. The first-order valence-electron chi connectivity index (χ1n) is 12.6. The summed E-state index contributed by atoms with van der Waals surface area (Å²) in [6, 6.07) is 13.1. The van der Waals surface area contributed by atoms with E-state index in [-0.39, 0.29) is 0 Å². The quantitative estimate of drug-likeness (QED) is 0.283. The van der Waals surface area contributed by atoms with Crippen molar-refractivity contribution in [2.45, 2.75) is 46.6 Å². The molecule has 36 heavy (non-hydrogen) atoms. The van der Waals surface area contributed by atoms with Gasteiger partial charge in [0.15, 0.2) is 0 Å². The van der Waals surface area contributed by atoms with Crippen LogP contribution in [0.2, 0.25) is 0 Å². The zero-order valence-electron chi connectivity index (χ0n) is 20.9. The van der Waals surface area contributed by atoms with Gasteiger partial charge in [-0.3, -0.25) is 4.99 Å². The Morgan fingerprint density at radius 3 is 2.58 bits per heavy atom. The molecule has 6 heteroatoms. The lowest BCUT2D eigenvalue weighted by atomic mass is 9.92. The van der Waals surface area contributed by atoms with E-state index in [1.807, 2.05) is 6.20 Å². The van der Waals surface area contributed by atoms with Crippen LogP contribution in [0.3, 0.4) is 0 Å². The van der Waals surface area contributed by atoms with Crippen molar-refractivity contribution in [3.05, 3.63) is 66.0 Å². The van der Waals surface area contributed by atoms with Gasteiger partial charge in [-0.25, -0.2) is 15.0 Å². The summed E-state index contributed by atoms with van der Waals surface area (Å²) in [4.78, 5) is 22.3. The fourth-order valence-electron chi connectivity index (χ4n) is 5.39. The van der Waals surface area contributed by atoms with Gasteiger partial charge >= 0.3 is 0 Å². The predicted molar refractivity (Wildman–Crippen MR) is 144 cm³/mol. The minimum Gasteiger partial charge on any atom is -0.487 e. The highest BCUT2D eigenvalue weighted by Gasteiger charge is 2.25. The Kier molecular flexibility index (Phi) is 4.55. The predicted octanol–water partition coefficient (Wildman–Crippen LogP) is 7.14. The van der Waals surface area contributed by atoms with Gasteiger partial charge in [-0.2, -0.15) is 0 Å². The average Bonchev–Trinajstić information content (AvgIpc) is 3.54. The third kappa shape index (κ3) is 3.10. The molecule has 0 saturated heterocycles. The number of H-pyrrole nitrogens is 1. The molecule has 2 aliphatic heterocycles. The molecular formula is C30H27N5O. The van der Waals surface area contributed by atoms with E-state index >= 15 is 0 Å². The molecule has 2 aromatic heterocycles. The molecule has 0 amide bonds. The zero-order valence-corrected chi connectivity index (χ0v) is 20.9.